The molecule has 0 radical (unpaired) electrons. The van der Waals surface area contributed by atoms with Gasteiger partial charge in [0.1, 0.15) is 0 Å². The summed E-state index contributed by atoms with van der Waals surface area (Å²) in [6.45, 7) is 0. The van der Waals surface area contributed by atoms with Crippen molar-refractivity contribution >= 4 is 22.6 Å². The molecule has 0 heterocycles. The Morgan fingerprint density at radius 1 is 1.80 bits per heavy atom. The van der Waals surface area contributed by atoms with E-state index in [1.165, 1.54) is 0 Å². The topological polar surface area (TPSA) is 0 Å². The quantitative estimate of drug-likeness (QED) is 0.260. The fraction of sp³-hybridized carbons (Fsp3) is 0.333. The van der Waals surface area contributed by atoms with Crippen LogP contribution in [0.2, 0.25) is 0 Å². The van der Waals surface area contributed by atoms with Crippen LogP contribution in [-0.4, -0.2) is 4.43 Å². The molecular formula is C3H3HgI. The molecule has 2 heteroatoms. The smallest absolute Gasteiger partial charge is 0.0606 e. The average Bonchev–Trinajstić information content (AvgIpc) is 1.37. The molecule has 0 aromatic heterocycles. The minimum Gasteiger partial charge on any atom is -0.119 e. The van der Waals surface area contributed by atoms with Crippen LogP contribution in [0.1, 0.15) is 0 Å². The van der Waals surface area contributed by atoms with E-state index in [0.29, 0.717) is 0 Å². The number of hydrogen-bond donors (Lipinski definition) is 0. The van der Waals surface area contributed by atoms with E-state index in [9.17, 15) is 0 Å². The Kier molecular flexibility index (Phi) is 17.1. The zero-order valence-corrected chi connectivity index (χ0v) is 10.5. The molecule has 0 N–H and O–H groups in total. The van der Waals surface area contributed by atoms with Crippen LogP contribution >= 0.6 is 22.6 Å². The average molecular weight is 367 g/mol. The van der Waals surface area contributed by atoms with Crippen LogP contribution in [0.4, 0.5) is 0 Å². The van der Waals surface area contributed by atoms with E-state index < -0.39 is 0 Å². The summed E-state index contributed by atoms with van der Waals surface area (Å²) in [6.07, 6.45) is 4.77. The minimum atomic E-state index is 0. The summed E-state index contributed by atoms with van der Waals surface area (Å²) in [6, 6.07) is 0. The summed E-state index contributed by atoms with van der Waals surface area (Å²) in [5.74, 6) is 2.42. The zero-order valence-electron chi connectivity index (χ0n) is 2.87. The largest absolute Gasteiger partial charge is 0.119 e. The fourth-order valence-corrected chi connectivity index (χ4v) is 0. The molecule has 0 atom stereocenters. The van der Waals surface area contributed by atoms with Gasteiger partial charge in [-0.15, -0.1) is 6.42 Å². The van der Waals surface area contributed by atoms with E-state index >= 15 is 0 Å². The molecule has 0 rings (SSSR count). The van der Waals surface area contributed by atoms with Gasteiger partial charge in [-0.3, -0.25) is 0 Å². The number of hydrogen-bond acceptors (Lipinski definition) is 0. The van der Waals surface area contributed by atoms with Crippen molar-refractivity contribution in [3.63, 3.8) is 0 Å². The summed E-state index contributed by atoms with van der Waals surface area (Å²) in [7, 11) is 0. The second kappa shape index (κ2) is 8.97. The van der Waals surface area contributed by atoms with Crippen molar-refractivity contribution in [3.05, 3.63) is 0 Å². The van der Waals surface area contributed by atoms with Gasteiger partial charge in [0.05, 0.1) is 4.43 Å². The first-order chi connectivity index (χ1) is 1.91. The van der Waals surface area contributed by atoms with Gasteiger partial charge >= 0.3 is 0 Å². The van der Waals surface area contributed by atoms with E-state index in [2.05, 4.69) is 28.5 Å². The van der Waals surface area contributed by atoms with Gasteiger partial charge in [-0.1, -0.05) is 28.5 Å². The van der Waals surface area contributed by atoms with Crippen molar-refractivity contribution in [1.29, 1.82) is 0 Å². The number of halogens is 1. The third kappa shape index (κ3) is 11.0. The van der Waals surface area contributed by atoms with Crippen molar-refractivity contribution in [2.45, 2.75) is 0 Å². The minimum absolute atomic E-state index is 0. The maximum absolute atomic E-state index is 4.77. The van der Waals surface area contributed by atoms with Crippen LogP contribution in [0.5, 0.6) is 0 Å². The molecule has 0 saturated heterocycles. The van der Waals surface area contributed by atoms with Gasteiger partial charge in [-0.05, 0) is 0 Å². The van der Waals surface area contributed by atoms with Gasteiger partial charge in [-0.2, -0.15) is 0 Å². The van der Waals surface area contributed by atoms with Crippen molar-refractivity contribution in [1.82, 2.24) is 0 Å². The molecule has 0 fully saturated rings. The van der Waals surface area contributed by atoms with E-state index in [1.54, 1.807) is 0 Å². The normalized spacial score (nSPS) is 4.00. The molecule has 0 aliphatic heterocycles. The molecular weight excluding hydrogens is 364 g/mol. The molecule has 24 valence electrons. The molecule has 0 unspecified atom stereocenters. The van der Waals surface area contributed by atoms with Crippen molar-refractivity contribution in [3.8, 4) is 12.3 Å². The number of terminal acetylenes is 1. The molecule has 0 amide bonds. The van der Waals surface area contributed by atoms with Gasteiger partial charge in [0.15, 0.2) is 0 Å². The molecule has 0 nitrogen and oxygen atoms in total. The van der Waals surface area contributed by atoms with E-state index in [0.717, 1.165) is 4.43 Å². The molecule has 0 spiro atoms. The predicted molar refractivity (Wildman–Crippen MR) is 27.7 cm³/mol. The standard InChI is InChI=1S/C3H3I.Hg/c1-2-3-4;/h1H,3H2;. The van der Waals surface area contributed by atoms with Crippen LogP contribution in [-0.2, 0) is 27.7 Å². The first-order valence-corrected chi connectivity index (χ1v) is 2.44. The van der Waals surface area contributed by atoms with E-state index in [-0.39, 0.29) is 27.7 Å². The van der Waals surface area contributed by atoms with Crippen molar-refractivity contribution < 1.29 is 27.7 Å². The van der Waals surface area contributed by atoms with Crippen LogP contribution < -0.4 is 0 Å². The number of rotatable bonds is 0. The SMILES string of the molecule is C#CCI.[Hg]. The first kappa shape index (κ1) is 9.52. The Labute approximate surface area is 66.4 Å². The van der Waals surface area contributed by atoms with E-state index in [1.807, 2.05) is 0 Å². The van der Waals surface area contributed by atoms with Gasteiger partial charge in [-0.25, -0.2) is 0 Å². The Morgan fingerprint density at radius 3 is 2.00 bits per heavy atom. The summed E-state index contributed by atoms with van der Waals surface area (Å²) in [4.78, 5) is 0. The molecule has 0 aromatic carbocycles. The summed E-state index contributed by atoms with van der Waals surface area (Å²) < 4.78 is 0.817. The first-order valence-electron chi connectivity index (χ1n) is 0.909. The molecule has 0 aliphatic carbocycles. The second-order valence-electron chi connectivity index (χ2n) is 0.338. The Bertz CT molecular complexity index is 36.6. The third-order valence-electron chi connectivity index (χ3n) is 0.0772. The van der Waals surface area contributed by atoms with E-state index in [4.69, 9.17) is 6.42 Å². The summed E-state index contributed by atoms with van der Waals surface area (Å²) in [5.41, 5.74) is 0. The molecule has 0 aliphatic rings. The van der Waals surface area contributed by atoms with Crippen LogP contribution in [0.25, 0.3) is 0 Å². The summed E-state index contributed by atoms with van der Waals surface area (Å²) in [5, 5.41) is 0. The van der Waals surface area contributed by atoms with Gasteiger partial charge < -0.3 is 0 Å². The Balaban J connectivity index is 0. The van der Waals surface area contributed by atoms with Gasteiger partial charge in [0, 0.05) is 27.7 Å². The maximum atomic E-state index is 4.77. The zero-order chi connectivity index (χ0) is 3.41. The predicted octanol–water partition coefficient (Wildman–Crippen LogP) is 1.05. The molecule has 5 heavy (non-hydrogen) atoms. The maximum Gasteiger partial charge on any atom is 0.0606 e. The summed E-state index contributed by atoms with van der Waals surface area (Å²) >= 11 is 2.12. The fourth-order valence-electron chi connectivity index (χ4n) is 0. The van der Waals surface area contributed by atoms with Crippen LogP contribution in [0.15, 0.2) is 0 Å². The second-order valence-corrected chi connectivity index (χ2v) is 1.10. The van der Waals surface area contributed by atoms with Crippen molar-refractivity contribution in [2.75, 3.05) is 4.43 Å². The molecule has 0 bridgehead atoms. The Hall–Kier alpha value is 1.23. The third-order valence-corrected chi connectivity index (χ3v) is 0.518. The van der Waals surface area contributed by atoms with Crippen molar-refractivity contribution in [2.24, 2.45) is 0 Å². The molecule has 0 saturated carbocycles. The molecule has 0 aromatic rings. The van der Waals surface area contributed by atoms with Gasteiger partial charge in [0.2, 0.25) is 0 Å². The van der Waals surface area contributed by atoms with Crippen LogP contribution in [0, 0.1) is 12.3 Å². The van der Waals surface area contributed by atoms with Crippen LogP contribution in [0.3, 0.4) is 0 Å². The monoisotopic (exact) mass is 368 g/mol. The Morgan fingerprint density at radius 2 is 2.00 bits per heavy atom. The van der Waals surface area contributed by atoms with Gasteiger partial charge in [0.25, 0.3) is 0 Å². The number of alkyl halides is 1.